The summed E-state index contributed by atoms with van der Waals surface area (Å²) in [5.74, 6) is -1.27. The van der Waals surface area contributed by atoms with Crippen molar-refractivity contribution in [2.24, 2.45) is 0 Å². The van der Waals surface area contributed by atoms with Crippen LogP contribution < -0.4 is 5.32 Å². The van der Waals surface area contributed by atoms with Crippen LogP contribution in [0.5, 0.6) is 0 Å². The number of rotatable bonds is 3. The number of nitrogens with one attached hydrogen (secondary N) is 1. The molecule has 5 nitrogen and oxygen atoms in total. The predicted octanol–water partition coefficient (Wildman–Crippen LogP) is 3.74. The third kappa shape index (κ3) is 3.27. The van der Waals surface area contributed by atoms with E-state index < -0.39 is 23.6 Å². The van der Waals surface area contributed by atoms with Gasteiger partial charge < -0.3 is 0 Å². The minimum Gasteiger partial charge on any atom is -0.296 e. The number of carbonyl (C=O) groups excluding carboxylic acids is 1. The highest BCUT2D eigenvalue weighted by Crippen LogP contribution is 2.31. The molecule has 3 rings (SSSR count). The van der Waals surface area contributed by atoms with Gasteiger partial charge in [-0.2, -0.15) is 18.3 Å². The lowest BCUT2D eigenvalue weighted by Gasteiger charge is -2.02. The van der Waals surface area contributed by atoms with E-state index in [1.165, 1.54) is 30.5 Å². The fourth-order valence-electron chi connectivity index (χ4n) is 1.84. The quantitative estimate of drug-likeness (QED) is 0.728. The van der Waals surface area contributed by atoms with Gasteiger partial charge in [-0.05, 0) is 18.2 Å². The highest BCUT2D eigenvalue weighted by Gasteiger charge is 2.34. The maximum Gasteiger partial charge on any atom is 0.434 e. The molecule has 10 heteroatoms. The van der Waals surface area contributed by atoms with Gasteiger partial charge in [-0.1, -0.05) is 12.1 Å². The third-order valence-corrected chi connectivity index (χ3v) is 3.69. The minimum atomic E-state index is -4.58. The van der Waals surface area contributed by atoms with Crippen LogP contribution in [0.15, 0.2) is 41.9 Å². The summed E-state index contributed by atoms with van der Waals surface area (Å²) in [5.41, 5.74) is -1.02. The first-order valence-corrected chi connectivity index (χ1v) is 7.37. The summed E-state index contributed by atoms with van der Waals surface area (Å²) in [5, 5.41) is 6.74. The normalized spacial score (nSPS) is 11.5. The molecular formula is C14H8F4N4OS. The van der Waals surface area contributed by atoms with Crippen molar-refractivity contribution >= 4 is 22.4 Å². The maximum absolute atomic E-state index is 13.7. The average molecular weight is 356 g/mol. The van der Waals surface area contributed by atoms with Crippen LogP contribution in [0, 0.1) is 5.82 Å². The van der Waals surface area contributed by atoms with Crippen LogP contribution >= 0.6 is 11.3 Å². The van der Waals surface area contributed by atoms with E-state index in [0.717, 1.165) is 10.1 Å². The Kier molecular flexibility index (Phi) is 4.06. The van der Waals surface area contributed by atoms with Gasteiger partial charge >= 0.3 is 6.18 Å². The van der Waals surface area contributed by atoms with E-state index in [2.05, 4.69) is 15.4 Å². The SMILES string of the molecule is O=C(Nc1nc(C(F)(F)F)cs1)c1ccn(-c2ccccc2F)n1. The maximum atomic E-state index is 13.7. The van der Waals surface area contributed by atoms with Crippen molar-refractivity contribution in [3.8, 4) is 5.69 Å². The summed E-state index contributed by atoms with van der Waals surface area (Å²) in [4.78, 5) is 15.3. The number of aromatic nitrogens is 3. The molecule has 0 radical (unpaired) electrons. The fraction of sp³-hybridized carbons (Fsp3) is 0.0714. The van der Waals surface area contributed by atoms with E-state index in [4.69, 9.17) is 0 Å². The molecule has 0 spiro atoms. The van der Waals surface area contributed by atoms with Gasteiger partial charge in [0.25, 0.3) is 5.91 Å². The molecule has 1 aromatic carbocycles. The van der Waals surface area contributed by atoms with Crippen LogP contribution in [0.1, 0.15) is 16.2 Å². The Labute approximate surface area is 136 Å². The van der Waals surface area contributed by atoms with Crippen molar-refractivity contribution in [1.82, 2.24) is 14.8 Å². The van der Waals surface area contributed by atoms with E-state index in [0.29, 0.717) is 11.3 Å². The average Bonchev–Trinajstić information content (AvgIpc) is 3.16. The number of thiazole rings is 1. The van der Waals surface area contributed by atoms with Gasteiger partial charge in [-0.3, -0.25) is 10.1 Å². The number of hydrogen-bond acceptors (Lipinski definition) is 4. The van der Waals surface area contributed by atoms with Crippen molar-refractivity contribution in [1.29, 1.82) is 0 Å². The first-order valence-electron chi connectivity index (χ1n) is 6.49. The largest absolute Gasteiger partial charge is 0.434 e. The van der Waals surface area contributed by atoms with E-state index in [1.807, 2.05) is 0 Å². The van der Waals surface area contributed by atoms with Crippen LogP contribution in [0.2, 0.25) is 0 Å². The van der Waals surface area contributed by atoms with Gasteiger partial charge in [0, 0.05) is 11.6 Å². The number of para-hydroxylation sites is 1. The predicted molar refractivity (Wildman–Crippen MR) is 78.6 cm³/mol. The van der Waals surface area contributed by atoms with Gasteiger partial charge in [-0.25, -0.2) is 14.1 Å². The number of hydrogen-bond donors (Lipinski definition) is 1. The Hall–Kier alpha value is -2.75. The molecular weight excluding hydrogens is 348 g/mol. The fourth-order valence-corrected chi connectivity index (χ4v) is 2.55. The Morgan fingerprint density at radius 2 is 1.96 bits per heavy atom. The molecule has 1 N–H and O–H groups in total. The topological polar surface area (TPSA) is 59.8 Å². The van der Waals surface area contributed by atoms with Crippen molar-refractivity contribution in [2.75, 3.05) is 5.32 Å². The Morgan fingerprint density at radius 1 is 1.21 bits per heavy atom. The molecule has 0 aliphatic rings. The van der Waals surface area contributed by atoms with Gasteiger partial charge in [-0.15, -0.1) is 11.3 Å². The second-order valence-corrected chi connectivity index (χ2v) is 5.44. The van der Waals surface area contributed by atoms with Crippen LogP contribution in [0.4, 0.5) is 22.7 Å². The molecule has 0 fully saturated rings. The van der Waals surface area contributed by atoms with Crippen LogP contribution in [0.3, 0.4) is 0 Å². The first-order chi connectivity index (χ1) is 11.3. The monoisotopic (exact) mass is 356 g/mol. The highest BCUT2D eigenvalue weighted by molar-refractivity contribution is 7.14. The lowest BCUT2D eigenvalue weighted by atomic mass is 10.3. The highest BCUT2D eigenvalue weighted by atomic mass is 32.1. The molecule has 1 amide bonds. The zero-order valence-corrected chi connectivity index (χ0v) is 12.5. The Balaban J connectivity index is 1.77. The van der Waals surface area contributed by atoms with E-state index in [9.17, 15) is 22.4 Å². The molecule has 3 aromatic rings. The molecule has 0 aliphatic carbocycles. The molecule has 0 atom stereocenters. The molecule has 2 aromatic heterocycles. The molecule has 0 saturated heterocycles. The summed E-state index contributed by atoms with van der Waals surface area (Å²) < 4.78 is 52.2. The smallest absolute Gasteiger partial charge is 0.296 e. The lowest BCUT2D eigenvalue weighted by molar-refractivity contribution is -0.140. The molecule has 0 unspecified atom stereocenters. The second kappa shape index (κ2) is 6.04. The van der Waals surface area contributed by atoms with Crippen LogP contribution in [0.25, 0.3) is 5.69 Å². The number of halogens is 4. The standard InChI is InChI=1S/C14H8F4N4OS/c15-8-3-1-2-4-10(8)22-6-5-9(21-22)12(23)20-13-19-11(7-24-13)14(16,17)18/h1-7H,(H,19,20,23). The lowest BCUT2D eigenvalue weighted by Crippen LogP contribution is -2.14. The number of amides is 1. The number of anilines is 1. The number of nitrogens with zero attached hydrogens (tertiary/aromatic N) is 3. The number of alkyl halides is 3. The molecule has 0 bridgehead atoms. The Morgan fingerprint density at radius 3 is 2.62 bits per heavy atom. The second-order valence-electron chi connectivity index (χ2n) is 4.59. The van der Waals surface area contributed by atoms with Crippen LogP contribution in [-0.2, 0) is 6.18 Å². The van der Waals surface area contributed by atoms with Crippen molar-refractivity contribution < 1.29 is 22.4 Å². The Bertz CT molecular complexity index is 887. The zero-order valence-electron chi connectivity index (χ0n) is 11.7. The summed E-state index contributed by atoms with van der Waals surface area (Å²) in [6, 6.07) is 7.15. The minimum absolute atomic E-state index is 0.0815. The van der Waals surface area contributed by atoms with Gasteiger partial charge in [0.05, 0.1) is 0 Å². The molecule has 124 valence electrons. The van der Waals surface area contributed by atoms with Crippen molar-refractivity contribution in [2.45, 2.75) is 6.18 Å². The van der Waals surface area contributed by atoms with Gasteiger partial charge in [0.2, 0.25) is 0 Å². The summed E-state index contributed by atoms with van der Waals surface area (Å²) in [6.45, 7) is 0. The van der Waals surface area contributed by atoms with E-state index in [1.54, 1.807) is 6.07 Å². The third-order valence-electron chi connectivity index (χ3n) is 2.94. The van der Waals surface area contributed by atoms with Gasteiger partial charge in [0.15, 0.2) is 16.5 Å². The number of benzene rings is 1. The van der Waals surface area contributed by atoms with Crippen molar-refractivity contribution in [3.05, 3.63) is 59.1 Å². The molecule has 0 aliphatic heterocycles. The van der Waals surface area contributed by atoms with E-state index in [-0.39, 0.29) is 16.5 Å². The van der Waals surface area contributed by atoms with Gasteiger partial charge in [0.1, 0.15) is 11.5 Å². The molecule has 24 heavy (non-hydrogen) atoms. The summed E-state index contributed by atoms with van der Waals surface area (Å²) >= 11 is 0.647. The summed E-state index contributed by atoms with van der Waals surface area (Å²) in [6.07, 6.45) is -3.21. The molecule has 2 heterocycles. The summed E-state index contributed by atoms with van der Waals surface area (Å²) in [7, 11) is 0. The van der Waals surface area contributed by atoms with Crippen LogP contribution in [-0.4, -0.2) is 20.7 Å². The first kappa shape index (κ1) is 16.1. The number of carbonyl (C=O) groups is 1. The zero-order chi connectivity index (χ0) is 17.3. The van der Waals surface area contributed by atoms with E-state index >= 15 is 0 Å². The molecule has 0 saturated carbocycles. The van der Waals surface area contributed by atoms with Crippen molar-refractivity contribution in [3.63, 3.8) is 0 Å².